The number of carbonyl (C=O) groups excluding carboxylic acids is 1. The van der Waals surface area contributed by atoms with Crippen LogP contribution in [-0.2, 0) is 16.0 Å². The van der Waals surface area contributed by atoms with Crippen molar-refractivity contribution in [2.45, 2.75) is 44.4 Å². The summed E-state index contributed by atoms with van der Waals surface area (Å²) in [4.78, 5) is 12.1. The van der Waals surface area contributed by atoms with Crippen molar-refractivity contribution in [2.24, 2.45) is 5.73 Å². The molecule has 0 aliphatic carbocycles. The third-order valence-corrected chi connectivity index (χ3v) is 3.66. The molecule has 1 fully saturated rings. The zero-order valence-corrected chi connectivity index (χ0v) is 12.1. The van der Waals surface area contributed by atoms with Gasteiger partial charge in [0, 0.05) is 12.6 Å². The Balaban J connectivity index is 1.88. The lowest BCUT2D eigenvalue weighted by molar-refractivity contribution is -0.124. The van der Waals surface area contributed by atoms with E-state index in [0.717, 1.165) is 12.8 Å². The van der Waals surface area contributed by atoms with Crippen LogP contribution < -0.4 is 11.1 Å². The van der Waals surface area contributed by atoms with E-state index >= 15 is 0 Å². The van der Waals surface area contributed by atoms with Crippen molar-refractivity contribution < 1.29 is 19.7 Å². The van der Waals surface area contributed by atoms with Gasteiger partial charge in [-0.25, -0.2) is 0 Å². The van der Waals surface area contributed by atoms with E-state index in [1.807, 2.05) is 6.92 Å². The van der Waals surface area contributed by atoms with Crippen LogP contribution in [-0.4, -0.2) is 40.9 Å². The van der Waals surface area contributed by atoms with Crippen LogP contribution in [0.1, 0.15) is 25.3 Å². The molecule has 2 unspecified atom stereocenters. The second kappa shape index (κ2) is 6.78. The molecule has 21 heavy (non-hydrogen) atoms. The fraction of sp³-hybridized carbons (Fsp3) is 0.533. The van der Waals surface area contributed by atoms with Crippen molar-refractivity contribution in [3.05, 3.63) is 23.8 Å². The van der Waals surface area contributed by atoms with Crippen molar-refractivity contribution in [1.82, 2.24) is 5.32 Å². The molecule has 3 atom stereocenters. The summed E-state index contributed by atoms with van der Waals surface area (Å²) in [6, 6.07) is 3.85. The van der Waals surface area contributed by atoms with Crippen LogP contribution in [0.5, 0.6) is 11.5 Å². The molecule has 1 aromatic rings. The van der Waals surface area contributed by atoms with Gasteiger partial charge in [-0.05, 0) is 43.9 Å². The van der Waals surface area contributed by atoms with Gasteiger partial charge in [0.15, 0.2) is 11.5 Å². The number of hydrogen-bond donors (Lipinski definition) is 4. The van der Waals surface area contributed by atoms with Crippen molar-refractivity contribution in [3.8, 4) is 11.5 Å². The molecule has 1 saturated heterocycles. The number of ether oxygens (including phenoxy) is 1. The summed E-state index contributed by atoms with van der Waals surface area (Å²) < 4.78 is 5.44. The molecule has 0 spiro atoms. The van der Waals surface area contributed by atoms with Gasteiger partial charge in [-0.3, -0.25) is 4.79 Å². The van der Waals surface area contributed by atoms with E-state index in [1.54, 1.807) is 6.07 Å². The third kappa shape index (κ3) is 4.34. The summed E-state index contributed by atoms with van der Waals surface area (Å²) in [6.45, 7) is 2.63. The zero-order chi connectivity index (χ0) is 15.4. The summed E-state index contributed by atoms with van der Waals surface area (Å²) in [5.41, 5.74) is 6.60. The Kier molecular flexibility index (Phi) is 5.03. The first kappa shape index (κ1) is 15.6. The first-order valence-electron chi connectivity index (χ1n) is 7.14. The van der Waals surface area contributed by atoms with Crippen molar-refractivity contribution in [2.75, 3.05) is 6.61 Å². The highest BCUT2D eigenvalue weighted by Crippen LogP contribution is 2.25. The number of carbonyl (C=O) groups is 1. The summed E-state index contributed by atoms with van der Waals surface area (Å²) >= 11 is 0. The van der Waals surface area contributed by atoms with E-state index < -0.39 is 6.04 Å². The Hall–Kier alpha value is -1.79. The summed E-state index contributed by atoms with van der Waals surface area (Å²) in [5, 5.41) is 21.6. The van der Waals surface area contributed by atoms with E-state index in [-0.39, 0.29) is 29.6 Å². The monoisotopic (exact) mass is 294 g/mol. The van der Waals surface area contributed by atoms with Gasteiger partial charge in [-0.15, -0.1) is 0 Å². The molecule has 0 radical (unpaired) electrons. The first-order chi connectivity index (χ1) is 9.95. The molecule has 6 nitrogen and oxygen atoms in total. The average Bonchev–Trinajstić information content (AvgIpc) is 2.43. The van der Waals surface area contributed by atoms with Gasteiger partial charge < -0.3 is 26.0 Å². The number of phenols is 2. The molecule has 0 saturated carbocycles. The Morgan fingerprint density at radius 2 is 2.24 bits per heavy atom. The summed E-state index contributed by atoms with van der Waals surface area (Å²) in [6.07, 6.45) is 2.04. The quantitative estimate of drug-likeness (QED) is 0.610. The van der Waals surface area contributed by atoms with Crippen LogP contribution in [0.25, 0.3) is 0 Å². The Labute approximate surface area is 123 Å². The fourth-order valence-electron chi connectivity index (χ4n) is 2.48. The number of aromatic hydroxyl groups is 2. The van der Waals surface area contributed by atoms with Crippen LogP contribution in [0, 0.1) is 0 Å². The molecule has 0 bridgehead atoms. The molecule has 1 heterocycles. The molecule has 5 N–H and O–H groups in total. The number of benzene rings is 1. The molecule has 116 valence electrons. The van der Waals surface area contributed by atoms with Gasteiger partial charge in [0.25, 0.3) is 0 Å². The number of nitrogens with one attached hydrogen (secondary N) is 1. The highest BCUT2D eigenvalue weighted by molar-refractivity contribution is 5.82. The molecular formula is C15H22N2O4. The number of hydrogen-bond acceptors (Lipinski definition) is 5. The molecule has 6 heteroatoms. The van der Waals surface area contributed by atoms with Gasteiger partial charge in [0.2, 0.25) is 5.91 Å². The maximum atomic E-state index is 12.1. The summed E-state index contributed by atoms with van der Waals surface area (Å²) in [5.74, 6) is -0.604. The van der Waals surface area contributed by atoms with E-state index in [4.69, 9.17) is 10.5 Å². The smallest absolute Gasteiger partial charge is 0.237 e. The van der Waals surface area contributed by atoms with Gasteiger partial charge in [0.05, 0.1) is 12.1 Å². The van der Waals surface area contributed by atoms with Crippen LogP contribution in [0.4, 0.5) is 0 Å². The number of rotatable bonds is 4. The maximum absolute atomic E-state index is 12.1. The van der Waals surface area contributed by atoms with Gasteiger partial charge in [0.1, 0.15) is 0 Å². The second-order valence-corrected chi connectivity index (χ2v) is 5.54. The van der Waals surface area contributed by atoms with Crippen LogP contribution in [0.3, 0.4) is 0 Å². The van der Waals surface area contributed by atoms with E-state index in [9.17, 15) is 15.0 Å². The first-order valence-corrected chi connectivity index (χ1v) is 7.14. The van der Waals surface area contributed by atoms with Crippen LogP contribution in [0.15, 0.2) is 18.2 Å². The predicted molar refractivity (Wildman–Crippen MR) is 78.0 cm³/mol. The lowest BCUT2D eigenvalue weighted by Gasteiger charge is -2.28. The van der Waals surface area contributed by atoms with Gasteiger partial charge >= 0.3 is 0 Å². The number of amides is 1. The fourth-order valence-corrected chi connectivity index (χ4v) is 2.48. The predicted octanol–water partition coefficient (Wildman–Crippen LogP) is 0.651. The maximum Gasteiger partial charge on any atom is 0.237 e. The molecule has 0 aromatic heterocycles. The van der Waals surface area contributed by atoms with Gasteiger partial charge in [-0.2, -0.15) is 0 Å². The standard InChI is InChI=1S/C15H22N2O4/c1-9-6-11(4-5-21-9)17-15(20)12(16)7-10-2-3-13(18)14(19)8-10/h2-3,8-9,11-12,18-19H,4-7,16H2,1H3,(H,17,20)/t9?,11?,12-/m0/s1. The molecule has 1 aromatic carbocycles. The molecule has 1 amide bonds. The second-order valence-electron chi connectivity index (χ2n) is 5.54. The highest BCUT2D eigenvalue weighted by Gasteiger charge is 2.23. The zero-order valence-electron chi connectivity index (χ0n) is 12.1. The lowest BCUT2D eigenvalue weighted by Crippen LogP contribution is -2.48. The Bertz CT molecular complexity index is 506. The highest BCUT2D eigenvalue weighted by atomic mass is 16.5. The third-order valence-electron chi connectivity index (χ3n) is 3.66. The average molecular weight is 294 g/mol. The largest absolute Gasteiger partial charge is 0.504 e. The Morgan fingerprint density at radius 3 is 2.90 bits per heavy atom. The SMILES string of the molecule is CC1CC(NC(=O)[C@@H](N)Cc2ccc(O)c(O)c2)CCO1. The van der Waals surface area contributed by atoms with Crippen LogP contribution >= 0.6 is 0 Å². The number of phenolic OH excluding ortho intramolecular Hbond substituents is 2. The lowest BCUT2D eigenvalue weighted by atomic mass is 10.0. The van der Waals surface area contributed by atoms with Gasteiger partial charge in [-0.1, -0.05) is 6.07 Å². The molecule has 1 aliphatic heterocycles. The van der Waals surface area contributed by atoms with Crippen LogP contribution in [0.2, 0.25) is 0 Å². The van der Waals surface area contributed by atoms with Crippen molar-refractivity contribution in [3.63, 3.8) is 0 Å². The molecule has 2 rings (SSSR count). The Morgan fingerprint density at radius 1 is 1.48 bits per heavy atom. The van der Waals surface area contributed by atoms with E-state index in [1.165, 1.54) is 12.1 Å². The topological polar surface area (TPSA) is 105 Å². The molecular weight excluding hydrogens is 272 g/mol. The number of nitrogens with two attached hydrogens (primary N) is 1. The van der Waals surface area contributed by atoms with E-state index in [0.29, 0.717) is 18.6 Å². The van der Waals surface area contributed by atoms with E-state index in [2.05, 4.69) is 5.32 Å². The normalized spacial score (nSPS) is 23.5. The molecule has 1 aliphatic rings. The minimum absolute atomic E-state index is 0.0977. The van der Waals surface area contributed by atoms with Crippen molar-refractivity contribution >= 4 is 5.91 Å². The summed E-state index contributed by atoms with van der Waals surface area (Å²) in [7, 11) is 0. The minimum atomic E-state index is -0.688. The minimum Gasteiger partial charge on any atom is -0.504 e. The van der Waals surface area contributed by atoms with Crippen molar-refractivity contribution in [1.29, 1.82) is 0 Å².